The predicted molar refractivity (Wildman–Crippen MR) is 107 cm³/mol. The average Bonchev–Trinajstić information content (AvgIpc) is 2.62. The lowest BCUT2D eigenvalue weighted by molar-refractivity contribution is 0.0784. The lowest BCUT2D eigenvalue weighted by Gasteiger charge is -2.36. The summed E-state index contributed by atoms with van der Waals surface area (Å²) in [4.78, 5) is 1.16. The van der Waals surface area contributed by atoms with Gasteiger partial charge < -0.3 is 4.74 Å². The number of hydrogen-bond acceptors (Lipinski definition) is 4. The Hall–Kier alpha value is -1.34. The predicted octanol–water partition coefficient (Wildman–Crippen LogP) is 3.76. The highest BCUT2D eigenvalue weighted by Crippen LogP contribution is 2.40. The topological polar surface area (TPSA) is 55.4 Å². The molecule has 0 atom stereocenters. The third-order valence-electron chi connectivity index (χ3n) is 4.54. The van der Waals surface area contributed by atoms with Crippen molar-refractivity contribution in [3.63, 3.8) is 0 Å². The van der Waals surface area contributed by atoms with Gasteiger partial charge in [-0.05, 0) is 37.5 Å². The number of rotatable bonds is 7. The summed E-state index contributed by atoms with van der Waals surface area (Å²) >= 11 is 1.75. The molecule has 6 heteroatoms. The molecule has 0 unspecified atom stereocenters. The molecule has 0 spiro atoms. The van der Waals surface area contributed by atoms with Gasteiger partial charge in [0.05, 0.1) is 5.75 Å². The van der Waals surface area contributed by atoms with Gasteiger partial charge in [-0.15, -0.1) is 11.8 Å². The average molecular weight is 392 g/mol. The maximum absolute atomic E-state index is 12.6. The molecule has 2 aromatic rings. The molecule has 0 aliphatic carbocycles. The van der Waals surface area contributed by atoms with E-state index in [0.29, 0.717) is 19.8 Å². The van der Waals surface area contributed by atoms with E-state index < -0.39 is 10.0 Å². The Morgan fingerprint density at radius 1 is 1.08 bits per heavy atom. The fourth-order valence-corrected chi connectivity index (χ4v) is 5.73. The summed E-state index contributed by atoms with van der Waals surface area (Å²) in [5.41, 5.74) is 1.88. The van der Waals surface area contributed by atoms with Gasteiger partial charge in [0.25, 0.3) is 0 Å². The quantitative estimate of drug-likeness (QED) is 0.781. The van der Waals surface area contributed by atoms with Crippen molar-refractivity contribution in [1.29, 1.82) is 0 Å². The molecular formula is C20H25NO3S2. The minimum Gasteiger partial charge on any atom is -0.381 e. The van der Waals surface area contributed by atoms with Crippen molar-refractivity contribution in [2.24, 2.45) is 0 Å². The SMILES string of the molecule is Cc1cccc(CS(=O)(=O)NCC2(Sc3ccccc3)CCOCC2)c1. The summed E-state index contributed by atoms with van der Waals surface area (Å²) in [6.45, 7) is 3.72. The van der Waals surface area contributed by atoms with E-state index in [2.05, 4.69) is 16.9 Å². The van der Waals surface area contributed by atoms with Crippen LogP contribution in [0.15, 0.2) is 59.5 Å². The van der Waals surface area contributed by atoms with Gasteiger partial charge in [-0.25, -0.2) is 13.1 Å². The molecule has 4 nitrogen and oxygen atoms in total. The van der Waals surface area contributed by atoms with E-state index in [1.165, 1.54) is 0 Å². The molecule has 2 aromatic carbocycles. The number of hydrogen-bond donors (Lipinski definition) is 1. The summed E-state index contributed by atoms with van der Waals surface area (Å²) in [6, 6.07) is 17.8. The highest BCUT2D eigenvalue weighted by Gasteiger charge is 2.35. The fraction of sp³-hybridized carbons (Fsp3) is 0.400. The molecule has 0 aromatic heterocycles. The third kappa shape index (κ3) is 5.58. The molecule has 1 aliphatic heterocycles. The van der Waals surface area contributed by atoms with Crippen LogP contribution < -0.4 is 4.72 Å². The van der Waals surface area contributed by atoms with E-state index in [0.717, 1.165) is 28.9 Å². The van der Waals surface area contributed by atoms with Crippen LogP contribution in [0.2, 0.25) is 0 Å². The summed E-state index contributed by atoms with van der Waals surface area (Å²) in [5, 5.41) is 0. The Kier molecular flexibility index (Phi) is 6.40. The zero-order valence-corrected chi connectivity index (χ0v) is 16.6. The van der Waals surface area contributed by atoms with Crippen LogP contribution in [0.3, 0.4) is 0 Å². The largest absolute Gasteiger partial charge is 0.381 e. The van der Waals surface area contributed by atoms with Gasteiger partial charge in [-0.1, -0.05) is 48.0 Å². The maximum Gasteiger partial charge on any atom is 0.215 e. The molecule has 0 amide bonds. The first kappa shape index (κ1) is 19.4. The highest BCUT2D eigenvalue weighted by atomic mass is 32.2. The second kappa shape index (κ2) is 8.57. The molecule has 0 saturated carbocycles. The van der Waals surface area contributed by atoms with Crippen LogP contribution in [-0.4, -0.2) is 32.9 Å². The summed E-state index contributed by atoms with van der Waals surface area (Å²) in [6.07, 6.45) is 1.67. The Morgan fingerprint density at radius 2 is 1.81 bits per heavy atom. The van der Waals surface area contributed by atoms with E-state index in [-0.39, 0.29) is 10.5 Å². The first-order chi connectivity index (χ1) is 12.5. The highest BCUT2D eigenvalue weighted by molar-refractivity contribution is 8.00. The minimum absolute atomic E-state index is 0.0112. The standard InChI is InChI=1S/C20H25NO3S2/c1-17-6-5-7-18(14-17)15-26(22,23)21-16-20(10-12-24-13-11-20)25-19-8-3-2-4-9-19/h2-9,14,21H,10-13,15-16H2,1H3. The van der Waals surface area contributed by atoms with E-state index in [1.54, 1.807) is 11.8 Å². The van der Waals surface area contributed by atoms with Gasteiger partial charge in [-0.2, -0.15) is 0 Å². The van der Waals surface area contributed by atoms with Gasteiger partial charge in [0.15, 0.2) is 0 Å². The van der Waals surface area contributed by atoms with Gasteiger partial charge in [0.2, 0.25) is 10.0 Å². The first-order valence-electron chi connectivity index (χ1n) is 8.81. The second-order valence-corrected chi connectivity index (χ2v) is 10.1. The number of sulfonamides is 1. The molecule has 0 radical (unpaired) electrons. The number of ether oxygens (including phenoxy) is 1. The van der Waals surface area contributed by atoms with E-state index in [9.17, 15) is 8.42 Å². The lowest BCUT2D eigenvalue weighted by Crippen LogP contribution is -2.44. The van der Waals surface area contributed by atoms with Crippen molar-refractivity contribution >= 4 is 21.8 Å². The molecular weight excluding hydrogens is 366 g/mol. The molecule has 1 saturated heterocycles. The van der Waals surface area contributed by atoms with Crippen molar-refractivity contribution in [2.75, 3.05) is 19.8 Å². The number of aryl methyl sites for hydroxylation is 1. The Bertz CT molecular complexity index is 816. The molecule has 1 fully saturated rings. The normalized spacial score (nSPS) is 17.1. The van der Waals surface area contributed by atoms with Crippen LogP contribution in [-0.2, 0) is 20.5 Å². The van der Waals surface area contributed by atoms with Crippen molar-refractivity contribution in [3.05, 3.63) is 65.7 Å². The van der Waals surface area contributed by atoms with Gasteiger partial charge in [0.1, 0.15) is 0 Å². The third-order valence-corrected chi connectivity index (χ3v) is 7.33. The van der Waals surface area contributed by atoms with Crippen molar-refractivity contribution in [3.8, 4) is 0 Å². The molecule has 0 bridgehead atoms. The Balaban J connectivity index is 1.68. The van der Waals surface area contributed by atoms with E-state index >= 15 is 0 Å². The Morgan fingerprint density at radius 3 is 2.50 bits per heavy atom. The van der Waals surface area contributed by atoms with E-state index in [4.69, 9.17) is 4.74 Å². The van der Waals surface area contributed by atoms with Crippen molar-refractivity contribution in [1.82, 2.24) is 4.72 Å². The fourth-order valence-electron chi connectivity index (χ4n) is 3.11. The van der Waals surface area contributed by atoms with Crippen LogP contribution in [0.1, 0.15) is 24.0 Å². The molecule has 1 aliphatic rings. The van der Waals surface area contributed by atoms with Crippen molar-refractivity contribution in [2.45, 2.75) is 35.2 Å². The van der Waals surface area contributed by atoms with Gasteiger partial charge in [0, 0.05) is 29.4 Å². The molecule has 1 heterocycles. The lowest BCUT2D eigenvalue weighted by atomic mass is 9.99. The molecule has 140 valence electrons. The van der Waals surface area contributed by atoms with Crippen molar-refractivity contribution < 1.29 is 13.2 Å². The monoisotopic (exact) mass is 391 g/mol. The number of benzene rings is 2. The molecule has 26 heavy (non-hydrogen) atoms. The van der Waals surface area contributed by atoms with Gasteiger partial charge >= 0.3 is 0 Å². The summed E-state index contributed by atoms with van der Waals surface area (Å²) in [7, 11) is -3.39. The zero-order chi connectivity index (χ0) is 18.5. The smallest absolute Gasteiger partial charge is 0.215 e. The van der Waals surface area contributed by atoms with Crippen LogP contribution in [0.25, 0.3) is 0 Å². The number of nitrogens with one attached hydrogen (secondary N) is 1. The number of thioether (sulfide) groups is 1. The second-order valence-electron chi connectivity index (χ2n) is 6.78. The Labute approximate surface area is 160 Å². The van der Waals surface area contributed by atoms with Crippen LogP contribution in [0.5, 0.6) is 0 Å². The van der Waals surface area contributed by atoms with Gasteiger partial charge in [-0.3, -0.25) is 0 Å². The molecule has 1 N–H and O–H groups in total. The maximum atomic E-state index is 12.6. The van der Waals surface area contributed by atoms with E-state index in [1.807, 2.05) is 49.4 Å². The summed E-state index contributed by atoms with van der Waals surface area (Å²) in [5.74, 6) is 0.0112. The minimum atomic E-state index is -3.39. The van der Waals surface area contributed by atoms with Crippen LogP contribution in [0.4, 0.5) is 0 Å². The summed E-state index contributed by atoms with van der Waals surface area (Å²) < 4.78 is 33.4. The van der Waals surface area contributed by atoms with Crippen LogP contribution in [0, 0.1) is 6.92 Å². The molecule has 3 rings (SSSR count). The first-order valence-corrected chi connectivity index (χ1v) is 11.3. The zero-order valence-electron chi connectivity index (χ0n) is 15.0. The van der Waals surface area contributed by atoms with Crippen LogP contribution >= 0.6 is 11.8 Å².